The first-order valence-electron chi connectivity index (χ1n) is 5.24. The van der Waals surface area contributed by atoms with E-state index < -0.39 is 6.10 Å². The number of pyridine rings is 1. The van der Waals surface area contributed by atoms with Crippen molar-refractivity contribution in [2.24, 2.45) is 0 Å². The van der Waals surface area contributed by atoms with Gasteiger partial charge in [0.1, 0.15) is 11.9 Å². The first-order chi connectivity index (χ1) is 8.22. The number of nitrogen functional groups attached to an aromatic ring is 1. The van der Waals surface area contributed by atoms with Crippen molar-refractivity contribution in [2.75, 3.05) is 12.8 Å². The summed E-state index contributed by atoms with van der Waals surface area (Å²) in [5.41, 5.74) is 7.65. The van der Waals surface area contributed by atoms with Gasteiger partial charge in [0, 0.05) is 23.6 Å². The van der Waals surface area contributed by atoms with Crippen molar-refractivity contribution in [2.45, 2.75) is 6.10 Å². The van der Waals surface area contributed by atoms with Gasteiger partial charge in [-0.1, -0.05) is 12.1 Å². The average Bonchev–Trinajstić information content (AvgIpc) is 2.38. The summed E-state index contributed by atoms with van der Waals surface area (Å²) in [4.78, 5) is 3.96. The first kappa shape index (κ1) is 11.4. The van der Waals surface area contributed by atoms with Crippen molar-refractivity contribution in [1.29, 1.82) is 0 Å². The molecule has 2 aromatic rings. The summed E-state index contributed by atoms with van der Waals surface area (Å²) < 4.78 is 5.11. The third-order valence-corrected chi connectivity index (χ3v) is 2.59. The zero-order valence-corrected chi connectivity index (χ0v) is 9.50. The molecule has 1 aromatic heterocycles. The molecule has 0 saturated heterocycles. The van der Waals surface area contributed by atoms with E-state index in [1.165, 1.54) is 0 Å². The molecule has 2 rings (SSSR count). The van der Waals surface area contributed by atoms with Gasteiger partial charge in [-0.05, 0) is 23.8 Å². The third kappa shape index (κ3) is 2.37. The lowest BCUT2D eigenvalue weighted by Gasteiger charge is -2.13. The molecule has 0 saturated carbocycles. The van der Waals surface area contributed by atoms with E-state index in [0.717, 1.165) is 5.56 Å². The Hall–Kier alpha value is -2.07. The Balaban J connectivity index is 2.37. The van der Waals surface area contributed by atoms with Crippen molar-refractivity contribution in [3.63, 3.8) is 0 Å². The number of hydrogen-bond donors (Lipinski definition) is 2. The molecule has 0 fully saturated rings. The molecule has 4 heteroatoms. The van der Waals surface area contributed by atoms with Crippen molar-refractivity contribution >= 4 is 5.69 Å². The fourth-order valence-corrected chi connectivity index (χ4v) is 1.64. The molecular formula is C13H14N2O2. The topological polar surface area (TPSA) is 68.4 Å². The number of aliphatic hydroxyl groups excluding tert-OH is 1. The van der Waals surface area contributed by atoms with Crippen LogP contribution in [0.5, 0.6) is 5.75 Å². The number of ether oxygens (including phenoxy) is 1. The maximum Gasteiger partial charge on any atom is 0.119 e. The Morgan fingerprint density at radius 3 is 2.88 bits per heavy atom. The van der Waals surface area contributed by atoms with Crippen LogP contribution in [0.3, 0.4) is 0 Å². The number of methoxy groups -OCH3 is 1. The number of nitrogens with two attached hydrogens (primary N) is 1. The average molecular weight is 230 g/mol. The van der Waals surface area contributed by atoms with Crippen LogP contribution in [0.25, 0.3) is 0 Å². The zero-order chi connectivity index (χ0) is 12.3. The fraction of sp³-hybridized carbons (Fsp3) is 0.154. The number of aliphatic hydroxyl groups is 1. The maximum atomic E-state index is 10.2. The van der Waals surface area contributed by atoms with Crippen LogP contribution < -0.4 is 10.5 Å². The van der Waals surface area contributed by atoms with Gasteiger partial charge in [-0.15, -0.1) is 0 Å². The lowest BCUT2D eigenvalue weighted by Crippen LogP contribution is -2.04. The second kappa shape index (κ2) is 4.84. The number of aromatic nitrogens is 1. The van der Waals surface area contributed by atoms with E-state index in [-0.39, 0.29) is 0 Å². The Bertz CT molecular complexity index is 514. The number of rotatable bonds is 3. The summed E-state index contributed by atoms with van der Waals surface area (Å²) in [5.74, 6) is 0.698. The summed E-state index contributed by atoms with van der Waals surface area (Å²) >= 11 is 0. The van der Waals surface area contributed by atoms with E-state index in [9.17, 15) is 5.11 Å². The van der Waals surface area contributed by atoms with Gasteiger partial charge in [0.2, 0.25) is 0 Å². The normalized spacial score (nSPS) is 12.1. The summed E-state index contributed by atoms with van der Waals surface area (Å²) in [6, 6.07) is 8.90. The molecule has 1 unspecified atom stereocenters. The molecule has 0 radical (unpaired) electrons. The minimum absolute atomic E-state index is 0.523. The van der Waals surface area contributed by atoms with Crippen LogP contribution in [0.4, 0.5) is 5.69 Å². The minimum Gasteiger partial charge on any atom is -0.497 e. The monoisotopic (exact) mass is 230 g/mol. The van der Waals surface area contributed by atoms with E-state index in [1.807, 2.05) is 18.2 Å². The highest BCUT2D eigenvalue weighted by Gasteiger charge is 2.13. The van der Waals surface area contributed by atoms with Crippen LogP contribution in [0.1, 0.15) is 17.2 Å². The summed E-state index contributed by atoms with van der Waals surface area (Å²) in [6.07, 6.45) is 2.37. The van der Waals surface area contributed by atoms with Gasteiger partial charge in [-0.2, -0.15) is 0 Å². The lowest BCUT2D eigenvalue weighted by atomic mass is 10.0. The molecular weight excluding hydrogens is 216 g/mol. The fourth-order valence-electron chi connectivity index (χ4n) is 1.64. The summed E-state index contributed by atoms with van der Waals surface area (Å²) in [5, 5.41) is 10.2. The molecule has 1 heterocycles. The highest BCUT2D eigenvalue weighted by Crippen LogP contribution is 2.27. The first-order valence-corrected chi connectivity index (χ1v) is 5.24. The summed E-state index contributed by atoms with van der Waals surface area (Å²) in [7, 11) is 1.59. The van der Waals surface area contributed by atoms with Gasteiger partial charge in [0.15, 0.2) is 0 Å². The van der Waals surface area contributed by atoms with E-state index in [2.05, 4.69) is 4.98 Å². The molecule has 0 aliphatic carbocycles. The zero-order valence-electron chi connectivity index (χ0n) is 9.50. The third-order valence-electron chi connectivity index (χ3n) is 2.59. The predicted molar refractivity (Wildman–Crippen MR) is 65.7 cm³/mol. The molecule has 1 atom stereocenters. The van der Waals surface area contributed by atoms with Crippen molar-refractivity contribution < 1.29 is 9.84 Å². The number of hydrogen-bond acceptors (Lipinski definition) is 4. The smallest absolute Gasteiger partial charge is 0.119 e. The molecule has 0 spiro atoms. The van der Waals surface area contributed by atoms with E-state index in [0.29, 0.717) is 17.0 Å². The Morgan fingerprint density at radius 1 is 1.35 bits per heavy atom. The Kier molecular flexibility index (Phi) is 3.25. The SMILES string of the molecule is COc1cccc(C(O)c2cnccc2N)c1. The molecule has 1 aromatic carbocycles. The van der Waals surface area contributed by atoms with Crippen LogP contribution >= 0.6 is 0 Å². The predicted octanol–water partition coefficient (Wildman–Crippen LogP) is 1.75. The Labute approximate surface area is 99.7 Å². The van der Waals surface area contributed by atoms with Gasteiger partial charge in [0.05, 0.1) is 7.11 Å². The maximum absolute atomic E-state index is 10.2. The molecule has 4 nitrogen and oxygen atoms in total. The molecule has 88 valence electrons. The number of anilines is 1. The molecule has 17 heavy (non-hydrogen) atoms. The van der Waals surface area contributed by atoms with E-state index in [1.54, 1.807) is 31.6 Å². The largest absolute Gasteiger partial charge is 0.497 e. The second-order valence-electron chi connectivity index (χ2n) is 3.68. The molecule has 3 N–H and O–H groups in total. The van der Waals surface area contributed by atoms with Gasteiger partial charge < -0.3 is 15.6 Å². The van der Waals surface area contributed by atoms with Crippen molar-refractivity contribution in [1.82, 2.24) is 4.98 Å². The lowest BCUT2D eigenvalue weighted by molar-refractivity contribution is 0.220. The van der Waals surface area contributed by atoms with Gasteiger partial charge >= 0.3 is 0 Å². The number of benzene rings is 1. The van der Waals surface area contributed by atoms with Crippen LogP contribution in [0, 0.1) is 0 Å². The minimum atomic E-state index is -0.793. The molecule has 0 aliphatic rings. The van der Waals surface area contributed by atoms with Crippen molar-refractivity contribution in [3.8, 4) is 5.75 Å². The van der Waals surface area contributed by atoms with Crippen LogP contribution in [-0.4, -0.2) is 17.2 Å². The molecule has 0 bridgehead atoms. The Morgan fingerprint density at radius 2 is 2.18 bits per heavy atom. The summed E-state index contributed by atoms with van der Waals surface area (Å²) in [6.45, 7) is 0. The standard InChI is InChI=1S/C13H14N2O2/c1-17-10-4-2-3-9(7-10)13(16)11-8-15-6-5-12(11)14/h2-8,13,16H,1H3,(H2,14,15). The van der Waals surface area contributed by atoms with Gasteiger partial charge in [0.25, 0.3) is 0 Å². The quantitative estimate of drug-likeness (QED) is 0.843. The highest BCUT2D eigenvalue weighted by atomic mass is 16.5. The second-order valence-corrected chi connectivity index (χ2v) is 3.68. The van der Waals surface area contributed by atoms with Crippen LogP contribution in [0.2, 0.25) is 0 Å². The molecule has 0 aliphatic heterocycles. The van der Waals surface area contributed by atoms with Crippen molar-refractivity contribution in [3.05, 3.63) is 53.9 Å². The van der Waals surface area contributed by atoms with E-state index in [4.69, 9.17) is 10.5 Å². The number of nitrogens with zero attached hydrogens (tertiary/aromatic N) is 1. The van der Waals surface area contributed by atoms with Gasteiger partial charge in [-0.25, -0.2) is 0 Å². The highest BCUT2D eigenvalue weighted by molar-refractivity contribution is 5.49. The molecule has 0 amide bonds. The van der Waals surface area contributed by atoms with Crippen LogP contribution in [0.15, 0.2) is 42.7 Å². The van der Waals surface area contributed by atoms with Crippen LogP contribution in [-0.2, 0) is 0 Å². The van der Waals surface area contributed by atoms with E-state index >= 15 is 0 Å². The van der Waals surface area contributed by atoms with Gasteiger partial charge in [-0.3, -0.25) is 4.98 Å².